The van der Waals surface area contributed by atoms with E-state index in [1.54, 1.807) is 11.9 Å². The van der Waals surface area contributed by atoms with Crippen molar-refractivity contribution in [1.29, 1.82) is 0 Å². The number of urea groups is 1. The van der Waals surface area contributed by atoms with Gasteiger partial charge >= 0.3 is 6.03 Å². The van der Waals surface area contributed by atoms with Crippen molar-refractivity contribution in [1.82, 2.24) is 15.5 Å². The van der Waals surface area contributed by atoms with Gasteiger partial charge in [-0.2, -0.15) is 0 Å². The van der Waals surface area contributed by atoms with Gasteiger partial charge in [0.05, 0.1) is 0 Å². The summed E-state index contributed by atoms with van der Waals surface area (Å²) >= 11 is 0. The van der Waals surface area contributed by atoms with Gasteiger partial charge in [0.25, 0.3) is 0 Å². The highest BCUT2D eigenvalue weighted by Crippen LogP contribution is 2.30. The average molecular weight is 295 g/mol. The molecule has 3 amide bonds. The molecule has 2 rings (SSSR count). The first-order chi connectivity index (χ1) is 10.1. The fourth-order valence-electron chi connectivity index (χ4n) is 3.76. The topological polar surface area (TPSA) is 61.4 Å². The van der Waals surface area contributed by atoms with Gasteiger partial charge in [0.2, 0.25) is 5.91 Å². The second kappa shape index (κ2) is 7.66. The fourth-order valence-corrected chi connectivity index (χ4v) is 3.76. The Balaban J connectivity index is 1.72. The molecule has 0 bridgehead atoms. The number of carbonyl (C=O) groups is 2. The standard InChI is InChI=1S/C16H29N3O2/c1-12-5-3-6-13(11-12)8-9-18-16(21)19-10-4-7-14(19)15(20)17-2/h12-14H,3-11H2,1-2H3,(H,17,20)(H,18,21). The molecule has 0 radical (unpaired) electrons. The summed E-state index contributed by atoms with van der Waals surface area (Å²) in [5.41, 5.74) is 0. The third-order valence-electron chi connectivity index (χ3n) is 4.94. The van der Waals surface area contributed by atoms with Gasteiger partial charge in [-0.3, -0.25) is 4.79 Å². The number of hydrogen-bond acceptors (Lipinski definition) is 2. The number of likely N-dealkylation sites (tertiary alicyclic amines) is 1. The number of carbonyl (C=O) groups excluding carboxylic acids is 2. The molecule has 2 aliphatic rings. The van der Waals surface area contributed by atoms with Crippen LogP contribution in [-0.2, 0) is 4.79 Å². The minimum absolute atomic E-state index is 0.0521. The first kappa shape index (κ1) is 16.1. The summed E-state index contributed by atoms with van der Waals surface area (Å²) in [6.07, 6.45) is 8.01. The molecule has 2 fully saturated rings. The molecule has 1 saturated carbocycles. The summed E-state index contributed by atoms with van der Waals surface area (Å²) < 4.78 is 0. The van der Waals surface area contributed by atoms with Crippen molar-refractivity contribution >= 4 is 11.9 Å². The maximum Gasteiger partial charge on any atom is 0.318 e. The highest BCUT2D eigenvalue weighted by atomic mass is 16.2. The quantitative estimate of drug-likeness (QED) is 0.834. The molecule has 5 heteroatoms. The maximum atomic E-state index is 12.2. The molecule has 5 nitrogen and oxygen atoms in total. The Morgan fingerprint density at radius 3 is 2.71 bits per heavy atom. The minimum atomic E-state index is -0.287. The number of nitrogens with zero attached hydrogens (tertiary/aromatic N) is 1. The number of hydrogen-bond donors (Lipinski definition) is 2. The molecular weight excluding hydrogens is 266 g/mol. The van der Waals surface area contributed by atoms with Gasteiger partial charge < -0.3 is 15.5 Å². The molecule has 2 N–H and O–H groups in total. The van der Waals surface area contributed by atoms with E-state index in [0.29, 0.717) is 6.54 Å². The molecule has 21 heavy (non-hydrogen) atoms. The normalized spacial score (nSPS) is 29.2. The van der Waals surface area contributed by atoms with E-state index in [0.717, 1.165) is 37.6 Å². The van der Waals surface area contributed by atoms with Crippen molar-refractivity contribution in [2.45, 2.75) is 57.9 Å². The Labute approximate surface area is 127 Å². The van der Waals surface area contributed by atoms with Gasteiger partial charge in [-0.25, -0.2) is 4.79 Å². The molecule has 120 valence electrons. The number of rotatable bonds is 4. The van der Waals surface area contributed by atoms with Crippen LogP contribution < -0.4 is 10.6 Å². The van der Waals surface area contributed by atoms with E-state index >= 15 is 0 Å². The summed E-state index contributed by atoms with van der Waals surface area (Å²) in [5, 5.41) is 5.65. The van der Waals surface area contributed by atoms with Crippen molar-refractivity contribution in [3.63, 3.8) is 0 Å². The van der Waals surface area contributed by atoms with Gasteiger partial charge in [-0.15, -0.1) is 0 Å². The molecule has 0 aromatic carbocycles. The zero-order valence-corrected chi connectivity index (χ0v) is 13.4. The van der Waals surface area contributed by atoms with Crippen molar-refractivity contribution in [2.24, 2.45) is 11.8 Å². The van der Waals surface area contributed by atoms with Crippen molar-refractivity contribution < 1.29 is 9.59 Å². The van der Waals surface area contributed by atoms with E-state index in [-0.39, 0.29) is 18.0 Å². The summed E-state index contributed by atoms with van der Waals surface area (Å²) in [6.45, 7) is 3.74. The molecule has 1 aliphatic carbocycles. The van der Waals surface area contributed by atoms with Crippen LogP contribution in [0.15, 0.2) is 0 Å². The Morgan fingerprint density at radius 1 is 1.19 bits per heavy atom. The van der Waals surface area contributed by atoms with Gasteiger partial charge in [-0.05, 0) is 37.5 Å². The molecule has 0 spiro atoms. The summed E-state index contributed by atoms with van der Waals surface area (Å²) in [5.74, 6) is 1.53. The van der Waals surface area contributed by atoms with Crippen molar-refractivity contribution in [2.75, 3.05) is 20.1 Å². The number of likely N-dealkylation sites (N-methyl/N-ethyl adjacent to an activating group) is 1. The van der Waals surface area contributed by atoms with Crippen LogP contribution >= 0.6 is 0 Å². The molecule has 1 aliphatic heterocycles. The van der Waals surface area contributed by atoms with E-state index in [9.17, 15) is 9.59 Å². The van der Waals surface area contributed by atoms with Gasteiger partial charge in [0.1, 0.15) is 6.04 Å². The third kappa shape index (κ3) is 4.35. The lowest BCUT2D eigenvalue weighted by Gasteiger charge is -2.27. The SMILES string of the molecule is CNC(=O)C1CCCN1C(=O)NCCC1CCCC(C)C1. The zero-order valence-electron chi connectivity index (χ0n) is 13.4. The smallest absolute Gasteiger partial charge is 0.318 e. The van der Waals surface area contributed by atoms with E-state index in [4.69, 9.17) is 0 Å². The second-order valence-electron chi connectivity index (χ2n) is 6.62. The highest BCUT2D eigenvalue weighted by Gasteiger charge is 2.33. The average Bonchev–Trinajstić information content (AvgIpc) is 2.96. The van der Waals surface area contributed by atoms with Crippen LogP contribution in [0.3, 0.4) is 0 Å². The van der Waals surface area contributed by atoms with E-state index in [1.165, 1.54) is 25.7 Å². The first-order valence-electron chi connectivity index (χ1n) is 8.38. The Bertz CT molecular complexity index is 373. The summed E-state index contributed by atoms with van der Waals surface area (Å²) in [7, 11) is 1.63. The molecule has 3 atom stereocenters. The van der Waals surface area contributed by atoms with Crippen molar-refractivity contribution in [3.8, 4) is 0 Å². The molecule has 0 aromatic heterocycles. The molecular formula is C16H29N3O2. The number of amides is 3. The molecule has 1 saturated heterocycles. The van der Waals surface area contributed by atoms with Gasteiger partial charge in [0, 0.05) is 20.1 Å². The lowest BCUT2D eigenvalue weighted by molar-refractivity contribution is -0.124. The highest BCUT2D eigenvalue weighted by molar-refractivity contribution is 5.87. The summed E-state index contributed by atoms with van der Waals surface area (Å²) in [4.78, 5) is 25.7. The minimum Gasteiger partial charge on any atom is -0.357 e. The molecule has 3 unspecified atom stereocenters. The maximum absolute atomic E-state index is 12.2. The lowest BCUT2D eigenvalue weighted by atomic mass is 9.81. The number of nitrogens with one attached hydrogen (secondary N) is 2. The molecule has 1 heterocycles. The van der Waals surface area contributed by atoms with Crippen LogP contribution in [0.5, 0.6) is 0 Å². The van der Waals surface area contributed by atoms with Crippen LogP contribution in [0.25, 0.3) is 0 Å². The Morgan fingerprint density at radius 2 is 2.00 bits per heavy atom. The van der Waals surface area contributed by atoms with Crippen LogP contribution in [0.4, 0.5) is 4.79 Å². The van der Waals surface area contributed by atoms with Crippen LogP contribution in [-0.4, -0.2) is 43.0 Å². The largest absolute Gasteiger partial charge is 0.357 e. The zero-order chi connectivity index (χ0) is 15.2. The third-order valence-corrected chi connectivity index (χ3v) is 4.94. The van der Waals surface area contributed by atoms with E-state index in [1.807, 2.05) is 0 Å². The fraction of sp³-hybridized carbons (Fsp3) is 0.875. The summed E-state index contributed by atoms with van der Waals surface area (Å²) in [6, 6.07) is -0.366. The van der Waals surface area contributed by atoms with Gasteiger partial charge in [0.15, 0.2) is 0 Å². The predicted octanol–water partition coefficient (Wildman–Crippen LogP) is 2.12. The Hall–Kier alpha value is -1.26. The van der Waals surface area contributed by atoms with Crippen molar-refractivity contribution in [3.05, 3.63) is 0 Å². The van der Waals surface area contributed by atoms with Crippen LogP contribution in [0.2, 0.25) is 0 Å². The van der Waals surface area contributed by atoms with E-state index < -0.39 is 0 Å². The van der Waals surface area contributed by atoms with E-state index in [2.05, 4.69) is 17.6 Å². The lowest BCUT2D eigenvalue weighted by Crippen LogP contribution is -2.49. The molecule has 0 aromatic rings. The van der Waals surface area contributed by atoms with Crippen LogP contribution in [0, 0.1) is 11.8 Å². The second-order valence-corrected chi connectivity index (χ2v) is 6.62. The Kier molecular flexibility index (Phi) is 5.88. The van der Waals surface area contributed by atoms with Crippen LogP contribution in [0.1, 0.15) is 51.9 Å². The first-order valence-corrected chi connectivity index (χ1v) is 8.38. The monoisotopic (exact) mass is 295 g/mol. The predicted molar refractivity (Wildman–Crippen MR) is 82.9 cm³/mol. The van der Waals surface area contributed by atoms with Gasteiger partial charge in [-0.1, -0.05) is 26.2 Å².